The highest BCUT2D eigenvalue weighted by atomic mass is 16.5. The number of piperidine rings is 1. The summed E-state index contributed by atoms with van der Waals surface area (Å²) in [6.07, 6.45) is 4.14. The Balaban J connectivity index is 1.54. The predicted octanol–water partition coefficient (Wildman–Crippen LogP) is 2.05. The van der Waals surface area contributed by atoms with E-state index in [4.69, 9.17) is 4.74 Å². The van der Waals surface area contributed by atoms with Gasteiger partial charge in [-0.05, 0) is 37.2 Å². The molecule has 0 unspecified atom stereocenters. The summed E-state index contributed by atoms with van der Waals surface area (Å²) in [5.74, 6) is 1.81. The molecular weight excluding hydrogens is 328 g/mol. The molecule has 3 atom stereocenters. The third-order valence-corrected chi connectivity index (χ3v) is 5.85. The molecule has 1 amide bonds. The van der Waals surface area contributed by atoms with Crippen LogP contribution in [0, 0.1) is 5.92 Å². The lowest BCUT2D eigenvalue weighted by molar-refractivity contribution is 0.0607. The second-order valence-corrected chi connectivity index (χ2v) is 7.22. The highest BCUT2D eigenvalue weighted by molar-refractivity contribution is 5.93. The largest absolute Gasteiger partial charge is 0.497 e. The number of likely N-dealkylation sites (N-methyl/N-ethyl adjacent to an activating group) is 1. The van der Waals surface area contributed by atoms with Gasteiger partial charge in [0, 0.05) is 37.5 Å². The van der Waals surface area contributed by atoms with Crippen molar-refractivity contribution in [1.29, 1.82) is 0 Å². The Kier molecular flexibility index (Phi) is 4.59. The monoisotopic (exact) mass is 352 g/mol. The predicted molar refractivity (Wildman–Crippen MR) is 98.2 cm³/mol. The fourth-order valence-corrected chi connectivity index (χ4v) is 4.48. The van der Waals surface area contributed by atoms with Crippen molar-refractivity contribution in [2.75, 3.05) is 33.8 Å². The Labute approximate surface area is 153 Å². The highest BCUT2D eigenvalue weighted by Gasteiger charge is 2.44. The van der Waals surface area contributed by atoms with Gasteiger partial charge in [0.2, 0.25) is 0 Å². The summed E-state index contributed by atoms with van der Waals surface area (Å²) in [6, 6.07) is 10.6. The number of hydrogen-bond acceptors (Lipinski definition) is 5. The molecule has 1 aromatic heterocycles. The van der Waals surface area contributed by atoms with Crippen molar-refractivity contribution in [3.8, 4) is 5.75 Å². The standard InChI is InChI=1S/C20H24N4O2/c1-23-12-17(14-3-5-16(26-2)6-4-14)18-13-24(10-8-19(18)23)20(25)15-7-9-21-22-11-15/h3-7,9,11,17-19H,8,10,12-13H2,1-2H3/t17-,18-,19-/m1/s1. The van der Waals surface area contributed by atoms with E-state index in [-0.39, 0.29) is 5.91 Å². The van der Waals surface area contributed by atoms with Gasteiger partial charge in [0.15, 0.2) is 0 Å². The number of fused-ring (bicyclic) bond motifs is 1. The fraction of sp³-hybridized carbons (Fsp3) is 0.450. The van der Waals surface area contributed by atoms with Gasteiger partial charge in [-0.2, -0.15) is 10.2 Å². The van der Waals surface area contributed by atoms with Gasteiger partial charge in [-0.25, -0.2) is 0 Å². The van der Waals surface area contributed by atoms with Crippen LogP contribution in [0.5, 0.6) is 5.75 Å². The van der Waals surface area contributed by atoms with Crippen LogP contribution in [0.4, 0.5) is 0 Å². The maximum Gasteiger partial charge on any atom is 0.255 e. The lowest BCUT2D eigenvalue weighted by Crippen LogP contribution is -2.48. The zero-order chi connectivity index (χ0) is 18.1. The molecule has 2 saturated heterocycles. The third-order valence-electron chi connectivity index (χ3n) is 5.85. The first-order valence-electron chi connectivity index (χ1n) is 9.07. The third kappa shape index (κ3) is 3.05. The molecule has 2 aliphatic heterocycles. The van der Waals surface area contributed by atoms with E-state index in [0.29, 0.717) is 23.4 Å². The molecule has 0 aliphatic carbocycles. The van der Waals surface area contributed by atoms with Crippen molar-refractivity contribution < 1.29 is 9.53 Å². The van der Waals surface area contributed by atoms with Crippen LogP contribution in [0.15, 0.2) is 42.7 Å². The Hall–Kier alpha value is -2.47. The molecule has 0 bridgehead atoms. The number of likely N-dealkylation sites (tertiary alicyclic amines) is 2. The van der Waals surface area contributed by atoms with Gasteiger partial charge in [-0.3, -0.25) is 4.79 Å². The molecule has 2 fully saturated rings. The van der Waals surface area contributed by atoms with Gasteiger partial charge in [0.25, 0.3) is 5.91 Å². The van der Waals surface area contributed by atoms with Crippen molar-refractivity contribution in [2.24, 2.45) is 5.92 Å². The lowest BCUT2D eigenvalue weighted by Gasteiger charge is -2.38. The second-order valence-electron chi connectivity index (χ2n) is 7.22. The number of nitrogens with zero attached hydrogens (tertiary/aromatic N) is 4. The van der Waals surface area contributed by atoms with Gasteiger partial charge in [0.1, 0.15) is 5.75 Å². The number of carbonyl (C=O) groups excluding carboxylic acids is 1. The summed E-state index contributed by atoms with van der Waals surface area (Å²) in [5.41, 5.74) is 1.94. The molecule has 0 radical (unpaired) electrons. The average molecular weight is 352 g/mol. The van der Waals surface area contributed by atoms with Gasteiger partial charge >= 0.3 is 0 Å². The minimum atomic E-state index is 0.0568. The van der Waals surface area contributed by atoms with Gasteiger partial charge in [-0.1, -0.05) is 12.1 Å². The molecule has 4 rings (SSSR count). The fourth-order valence-electron chi connectivity index (χ4n) is 4.48. The molecule has 2 aliphatic rings. The normalized spacial score (nSPS) is 25.8. The quantitative estimate of drug-likeness (QED) is 0.846. The van der Waals surface area contributed by atoms with E-state index in [2.05, 4.69) is 34.3 Å². The van der Waals surface area contributed by atoms with Crippen molar-refractivity contribution in [2.45, 2.75) is 18.4 Å². The number of benzene rings is 1. The molecule has 136 valence electrons. The summed E-state index contributed by atoms with van der Waals surface area (Å²) in [4.78, 5) is 17.3. The van der Waals surface area contributed by atoms with E-state index in [1.165, 1.54) is 5.56 Å². The summed E-state index contributed by atoms with van der Waals surface area (Å²) in [7, 11) is 3.89. The minimum Gasteiger partial charge on any atom is -0.497 e. The van der Waals surface area contributed by atoms with Crippen LogP contribution in [0.3, 0.4) is 0 Å². The molecule has 26 heavy (non-hydrogen) atoms. The van der Waals surface area contributed by atoms with Crippen molar-refractivity contribution in [1.82, 2.24) is 20.0 Å². The summed E-state index contributed by atoms with van der Waals surface area (Å²) in [6.45, 7) is 2.61. The molecule has 0 spiro atoms. The zero-order valence-electron chi connectivity index (χ0n) is 15.2. The maximum atomic E-state index is 12.8. The Morgan fingerprint density at radius 1 is 1.15 bits per heavy atom. The zero-order valence-corrected chi connectivity index (χ0v) is 15.2. The number of carbonyl (C=O) groups is 1. The van der Waals surface area contributed by atoms with Gasteiger partial charge in [-0.15, -0.1) is 0 Å². The molecule has 0 saturated carbocycles. The smallest absolute Gasteiger partial charge is 0.255 e. The average Bonchev–Trinajstić information content (AvgIpc) is 3.04. The Morgan fingerprint density at radius 2 is 1.96 bits per heavy atom. The van der Waals surface area contributed by atoms with Crippen LogP contribution in [0.2, 0.25) is 0 Å². The van der Waals surface area contributed by atoms with Crippen LogP contribution >= 0.6 is 0 Å². The minimum absolute atomic E-state index is 0.0568. The highest BCUT2D eigenvalue weighted by Crippen LogP contribution is 2.41. The first-order valence-corrected chi connectivity index (χ1v) is 9.07. The number of methoxy groups -OCH3 is 1. The van der Waals surface area contributed by atoms with Crippen LogP contribution in [0.1, 0.15) is 28.3 Å². The lowest BCUT2D eigenvalue weighted by atomic mass is 9.81. The first-order chi connectivity index (χ1) is 12.7. The topological polar surface area (TPSA) is 58.6 Å². The SMILES string of the molecule is COc1ccc([C@H]2CN(C)[C@@H]3CCN(C(=O)c4ccnnc4)C[C@H]23)cc1. The van der Waals surface area contributed by atoms with Crippen LogP contribution in [0.25, 0.3) is 0 Å². The summed E-state index contributed by atoms with van der Waals surface area (Å²) < 4.78 is 5.28. The summed E-state index contributed by atoms with van der Waals surface area (Å²) in [5, 5.41) is 7.60. The van der Waals surface area contributed by atoms with Crippen LogP contribution in [-0.2, 0) is 0 Å². The van der Waals surface area contributed by atoms with Crippen molar-refractivity contribution >= 4 is 5.91 Å². The number of amides is 1. The van der Waals surface area contributed by atoms with E-state index >= 15 is 0 Å². The molecule has 3 heterocycles. The maximum absolute atomic E-state index is 12.8. The van der Waals surface area contributed by atoms with E-state index in [1.54, 1.807) is 25.6 Å². The molecule has 6 heteroatoms. The van der Waals surface area contributed by atoms with E-state index < -0.39 is 0 Å². The molecular formula is C20H24N4O2. The second kappa shape index (κ2) is 7.03. The molecule has 2 aromatic rings. The number of rotatable bonds is 3. The van der Waals surface area contributed by atoms with Crippen LogP contribution < -0.4 is 4.74 Å². The van der Waals surface area contributed by atoms with E-state index in [0.717, 1.165) is 31.8 Å². The number of ether oxygens (including phenoxy) is 1. The summed E-state index contributed by atoms with van der Waals surface area (Å²) >= 11 is 0. The molecule has 0 N–H and O–H groups in total. The number of aromatic nitrogens is 2. The van der Waals surface area contributed by atoms with E-state index in [1.807, 2.05) is 17.0 Å². The number of hydrogen-bond donors (Lipinski definition) is 0. The Morgan fingerprint density at radius 3 is 2.65 bits per heavy atom. The van der Waals surface area contributed by atoms with Gasteiger partial charge < -0.3 is 14.5 Å². The molecule has 6 nitrogen and oxygen atoms in total. The van der Waals surface area contributed by atoms with E-state index in [9.17, 15) is 4.79 Å². The first kappa shape index (κ1) is 17.0. The van der Waals surface area contributed by atoms with Crippen LogP contribution in [-0.4, -0.2) is 65.7 Å². The Bertz CT molecular complexity index is 765. The van der Waals surface area contributed by atoms with Crippen molar-refractivity contribution in [3.05, 3.63) is 53.9 Å². The van der Waals surface area contributed by atoms with Gasteiger partial charge in [0.05, 0.1) is 25.1 Å². The van der Waals surface area contributed by atoms with Crippen molar-refractivity contribution in [3.63, 3.8) is 0 Å². The molecule has 1 aromatic carbocycles.